The van der Waals surface area contributed by atoms with Crippen LogP contribution >= 0.6 is 0 Å². The average molecular weight is 813 g/mol. The number of hydrogen-bond acceptors (Lipinski definition) is 6. The number of anilines is 3. The molecule has 0 bridgehead atoms. The molecule has 0 spiro atoms. The minimum atomic E-state index is 0.585. The summed E-state index contributed by atoms with van der Waals surface area (Å²) in [5.41, 5.74) is 14.1. The minimum absolute atomic E-state index is 0.585. The maximum absolute atomic E-state index is 6.77. The molecule has 0 aliphatic heterocycles. The third kappa shape index (κ3) is 6.64. The van der Waals surface area contributed by atoms with E-state index in [2.05, 4.69) is 114 Å². The normalized spacial score (nSPS) is 12.9. The SMILES string of the molecule is C1=C(c2ccccc2-c2cccc(N(c3ccc4c(c3)oc3ccccc34)c3ccc4c(c3)oc3cccc(-c5nc(-c6ccccc6)nc(-c6ccccc6)n5)c34)c2)CCCC1. The highest BCUT2D eigenvalue weighted by Gasteiger charge is 2.22. The molecule has 3 heterocycles. The lowest BCUT2D eigenvalue weighted by molar-refractivity contribution is 0.669. The summed E-state index contributed by atoms with van der Waals surface area (Å²) in [6.45, 7) is 0. The van der Waals surface area contributed by atoms with Crippen LogP contribution in [0.3, 0.4) is 0 Å². The van der Waals surface area contributed by atoms with Crippen molar-refractivity contribution in [3.63, 3.8) is 0 Å². The monoisotopic (exact) mass is 812 g/mol. The maximum Gasteiger partial charge on any atom is 0.164 e. The van der Waals surface area contributed by atoms with Gasteiger partial charge in [0.05, 0.1) is 0 Å². The summed E-state index contributed by atoms with van der Waals surface area (Å²) >= 11 is 0. The van der Waals surface area contributed by atoms with Crippen molar-refractivity contribution < 1.29 is 8.83 Å². The van der Waals surface area contributed by atoms with E-state index in [4.69, 9.17) is 23.8 Å². The largest absolute Gasteiger partial charge is 0.456 e. The molecule has 0 unspecified atom stereocenters. The summed E-state index contributed by atoms with van der Waals surface area (Å²) < 4.78 is 13.2. The highest BCUT2D eigenvalue weighted by molar-refractivity contribution is 6.13. The van der Waals surface area contributed by atoms with E-state index in [0.29, 0.717) is 17.5 Å². The molecule has 1 aliphatic rings. The molecule has 0 radical (unpaired) electrons. The average Bonchev–Trinajstić information content (AvgIpc) is 3.93. The first-order chi connectivity index (χ1) is 31.2. The van der Waals surface area contributed by atoms with E-state index < -0.39 is 0 Å². The highest BCUT2D eigenvalue weighted by atomic mass is 16.3. The van der Waals surface area contributed by atoms with Gasteiger partial charge in [-0.1, -0.05) is 133 Å². The quantitative estimate of drug-likeness (QED) is 0.152. The van der Waals surface area contributed by atoms with Gasteiger partial charge in [-0.15, -0.1) is 0 Å². The zero-order chi connectivity index (χ0) is 41.7. The van der Waals surface area contributed by atoms with Crippen LogP contribution in [0.25, 0.3) is 94.7 Å². The van der Waals surface area contributed by atoms with Gasteiger partial charge < -0.3 is 13.7 Å². The summed E-state index contributed by atoms with van der Waals surface area (Å²) in [5, 5.41) is 4.12. The number of benzene rings is 8. The van der Waals surface area contributed by atoms with Crippen molar-refractivity contribution in [2.24, 2.45) is 0 Å². The van der Waals surface area contributed by atoms with Crippen LogP contribution in [-0.2, 0) is 0 Å². The Hall–Kier alpha value is -8.09. The second kappa shape index (κ2) is 15.4. The van der Waals surface area contributed by atoms with Gasteiger partial charge in [-0.05, 0) is 96.5 Å². The summed E-state index contributed by atoms with van der Waals surface area (Å²) in [5.74, 6) is 1.81. The van der Waals surface area contributed by atoms with E-state index in [-0.39, 0.29) is 0 Å². The van der Waals surface area contributed by atoms with Gasteiger partial charge >= 0.3 is 0 Å². The van der Waals surface area contributed by atoms with Crippen LogP contribution < -0.4 is 4.90 Å². The van der Waals surface area contributed by atoms with Crippen molar-refractivity contribution in [3.05, 3.63) is 200 Å². The van der Waals surface area contributed by atoms with Gasteiger partial charge in [0, 0.05) is 67.4 Å². The summed E-state index contributed by atoms with van der Waals surface area (Å²) in [4.78, 5) is 17.4. The summed E-state index contributed by atoms with van der Waals surface area (Å²) in [6, 6.07) is 65.2. The Labute approximate surface area is 364 Å². The summed E-state index contributed by atoms with van der Waals surface area (Å²) in [6.07, 6.45) is 7.15. The van der Waals surface area contributed by atoms with Crippen molar-refractivity contribution in [2.75, 3.05) is 4.90 Å². The van der Waals surface area contributed by atoms with Crippen LogP contribution in [0, 0.1) is 0 Å². The molecule has 1 aliphatic carbocycles. The lowest BCUT2D eigenvalue weighted by Gasteiger charge is -2.26. The van der Waals surface area contributed by atoms with Gasteiger partial charge in [0.1, 0.15) is 22.3 Å². The minimum Gasteiger partial charge on any atom is -0.456 e. The Morgan fingerprint density at radius 2 is 0.937 bits per heavy atom. The number of allylic oxidation sites excluding steroid dienone is 2. The Bertz CT molecular complexity index is 3470. The first-order valence-electron chi connectivity index (χ1n) is 21.6. The lowest BCUT2D eigenvalue weighted by atomic mass is 9.88. The van der Waals surface area contributed by atoms with Crippen LogP contribution in [0.2, 0.25) is 0 Å². The zero-order valence-electron chi connectivity index (χ0n) is 34.4. The van der Waals surface area contributed by atoms with Crippen molar-refractivity contribution >= 4 is 66.5 Å². The van der Waals surface area contributed by atoms with Crippen LogP contribution in [-0.4, -0.2) is 15.0 Å². The number of hydrogen-bond donors (Lipinski definition) is 0. The lowest BCUT2D eigenvalue weighted by Crippen LogP contribution is -2.10. The zero-order valence-corrected chi connectivity index (χ0v) is 34.4. The second-order valence-corrected chi connectivity index (χ2v) is 16.2. The Morgan fingerprint density at radius 3 is 1.68 bits per heavy atom. The molecule has 6 heteroatoms. The number of fused-ring (bicyclic) bond motifs is 6. The molecular weight excluding hydrogens is 773 g/mol. The van der Waals surface area contributed by atoms with Gasteiger partial charge in [-0.25, -0.2) is 15.0 Å². The fourth-order valence-electron chi connectivity index (χ4n) is 9.28. The predicted molar refractivity (Wildman–Crippen MR) is 257 cm³/mol. The van der Waals surface area contributed by atoms with E-state index >= 15 is 0 Å². The molecule has 0 amide bonds. The smallest absolute Gasteiger partial charge is 0.164 e. The van der Waals surface area contributed by atoms with Gasteiger partial charge in [-0.3, -0.25) is 0 Å². The number of rotatable bonds is 8. The molecule has 63 heavy (non-hydrogen) atoms. The fraction of sp³-hybridized carbons (Fsp3) is 0.0702. The molecule has 8 aromatic carbocycles. The van der Waals surface area contributed by atoms with Crippen molar-refractivity contribution in [2.45, 2.75) is 25.7 Å². The van der Waals surface area contributed by atoms with E-state index in [1.807, 2.05) is 84.9 Å². The molecule has 0 N–H and O–H groups in total. The fourth-order valence-corrected chi connectivity index (χ4v) is 9.28. The Kier molecular flexibility index (Phi) is 9.00. The molecule has 11 aromatic rings. The number of furan rings is 2. The molecular formula is C57H40N4O2. The third-order valence-electron chi connectivity index (χ3n) is 12.3. The van der Waals surface area contributed by atoms with Crippen molar-refractivity contribution in [1.29, 1.82) is 0 Å². The Morgan fingerprint density at radius 1 is 0.381 bits per heavy atom. The van der Waals surface area contributed by atoms with Gasteiger partial charge in [0.25, 0.3) is 0 Å². The second-order valence-electron chi connectivity index (χ2n) is 16.2. The first kappa shape index (κ1) is 36.7. The van der Waals surface area contributed by atoms with Crippen LogP contribution in [0.15, 0.2) is 203 Å². The third-order valence-corrected chi connectivity index (χ3v) is 12.3. The molecule has 300 valence electrons. The topological polar surface area (TPSA) is 68.2 Å². The number of aromatic nitrogens is 3. The van der Waals surface area contributed by atoms with E-state index in [1.54, 1.807) is 0 Å². The molecule has 0 saturated heterocycles. The maximum atomic E-state index is 6.77. The molecule has 0 fully saturated rings. The van der Waals surface area contributed by atoms with Gasteiger partial charge in [-0.2, -0.15) is 0 Å². The van der Waals surface area contributed by atoms with Crippen LogP contribution in [0.5, 0.6) is 0 Å². The standard InChI is InChI=1S/C57H40N4O2/c1-4-16-37(17-5-1)44-24-10-11-25-45(44)40-22-14-23-41(34-40)61(42-30-32-47-46-26-12-13-28-50(46)62-52(47)35-42)43-31-33-48-53(36-43)63-51-29-15-27-49(54(48)51)57-59-55(38-18-6-2-7-19-38)58-56(60-57)39-20-8-3-9-21-39/h2-3,6-16,18-36H,1,4-5,17H2. The Balaban J connectivity index is 1.02. The molecule has 0 atom stereocenters. The molecule has 6 nitrogen and oxygen atoms in total. The molecule has 3 aromatic heterocycles. The van der Waals surface area contributed by atoms with E-state index in [0.717, 1.165) is 90.5 Å². The van der Waals surface area contributed by atoms with Gasteiger partial charge in [0.15, 0.2) is 17.5 Å². The van der Waals surface area contributed by atoms with Crippen LogP contribution in [0.1, 0.15) is 31.2 Å². The summed E-state index contributed by atoms with van der Waals surface area (Å²) in [7, 11) is 0. The van der Waals surface area contributed by atoms with Crippen molar-refractivity contribution in [1.82, 2.24) is 15.0 Å². The predicted octanol–water partition coefficient (Wildman–Crippen LogP) is 15.8. The molecule has 12 rings (SSSR count). The van der Waals surface area contributed by atoms with Gasteiger partial charge in [0.2, 0.25) is 0 Å². The number of nitrogens with zero attached hydrogens (tertiary/aromatic N) is 4. The van der Waals surface area contributed by atoms with E-state index in [1.165, 1.54) is 35.1 Å². The van der Waals surface area contributed by atoms with Crippen molar-refractivity contribution in [3.8, 4) is 45.3 Å². The van der Waals surface area contributed by atoms with E-state index in [9.17, 15) is 0 Å². The number of para-hydroxylation sites is 1. The first-order valence-corrected chi connectivity index (χ1v) is 21.6. The van der Waals surface area contributed by atoms with Crippen LogP contribution in [0.4, 0.5) is 17.1 Å². The highest BCUT2D eigenvalue weighted by Crippen LogP contribution is 2.44. The molecule has 0 saturated carbocycles.